The lowest BCUT2D eigenvalue weighted by Crippen LogP contribution is -2.38. The number of thiophene rings is 1. The number of carbonyl (C=O) groups is 1. The highest BCUT2D eigenvalue weighted by molar-refractivity contribution is 7.12. The number of carbonyl (C=O) groups excluding carboxylic acids is 1. The summed E-state index contributed by atoms with van der Waals surface area (Å²) >= 11 is 1.50. The van der Waals surface area contributed by atoms with E-state index in [1.54, 1.807) is 0 Å². The summed E-state index contributed by atoms with van der Waals surface area (Å²) in [5, 5.41) is 2.01. The number of morpholine rings is 1. The van der Waals surface area contributed by atoms with Crippen molar-refractivity contribution in [3.05, 3.63) is 51.7 Å². The molecule has 0 aliphatic carbocycles. The predicted molar refractivity (Wildman–Crippen MR) is 108 cm³/mol. The third kappa shape index (κ3) is 5.81. The van der Waals surface area contributed by atoms with E-state index in [9.17, 15) is 4.79 Å². The van der Waals surface area contributed by atoms with E-state index in [-0.39, 0.29) is 18.2 Å². The lowest BCUT2D eigenvalue weighted by molar-refractivity contribution is 0.0322. The van der Waals surface area contributed by atoms with Crippen molar-refractivity contribution in [3.63, 3.8) is 0 Å². The molecule has 0 unspecified atom stereocenters. The maximum absolute atomic E-state index is 12.6. The summed E-state index contributed by atoms with van der Waals surface area (Å²) in [6.07, 6.45) is 1.29. The Labute approximate surface area is 165 Å². The molecule has 142 valence electrons. The number of aryl methyl sites for hydroxylation is 2. The molecule has 1 aliphatic rings. The minimum absolute atomic E-state index is 0. The Balaban J connectivity index is 0.00000243. The van der Waals surface area contributed by atoms with Crippen LogP contribution in [-0.4, -0.2) is 50.1 Å². The maximum atomic E-state index is 12.6. The molecule has 0 bridgehead atoms. The second-order valence-corrected chi connectivity index (χ2v) is 7.17. The summed E-state index contributed by atoms with van der Waals surface area (Å²) in [5.41, 5.74) is 2.24. The first-order chi connectivity index (χ1) is 12.2. The van der Waals surface area contributed by atoms with Crippen molar-refractivity contribution < 1.29 is 14.3 Å². The molecule has 0 amide bonds. The van der Waals surface area contributed by atoms with Crippen molar-refractivity contribution in [3.8, 4) is 5.75 Å². The summed E-state index contributed by atoms with van der Waals surface area (Å²) in [6.45, 7) is 6.98. The fourth-order valence-corrected chi connectivity index (χ4v) is 3.88. The fourth-order valence-electron chi connectivity index (χ4n) is 2.92. The molecule has 1 saturated heterocycles. The summed E-state index contributed by atoms with van der Waals surface area (Å²) in [6, 6.07) is 10.1. The zero-order valence-electron chi connectivity index (χ0n) is 15.1. The zero-order chi connectivity index (χ0) is 17.5. The lowest BCUT2D eigenvalue weighted by Gasteiger charge is -2.26. The molecule has 1 aliphatic heterocycles. The number of ketones is 1. The van der Waals surface area contributed by atoms with E-state index in [1.807, 2.05) is 30.5 Å². The second-order valence-electron chi connectivity index (χ2n) is 6.29. The first-order valence-corrected chi connectivity index (χ1v) is 9.70. The first kappa shape index (κ1) is 20.9. The molecule has 1 aromatic heterocycles. The third-order valence-corrected chi connectivity index (χ3v) is 5.53. The molecule has 1 aromatic carbocycles. The van der Waals surface area contributed by atoms with Crippen molar-refractivity contribution in [2.24, 2.45) is 0 Å². The van der Waals surface area contributed by atoms with Crippen LogP contribution in [0.3, 0.4) is 0 Å². The van der Waals surface area contributed by atoms with Crippen LogP contribution in [0.4, 0.5) is 0 Å². The van der Waals surface area contributed by atoms with E-state index in [0.717, 1.165) is 55.5 Å². The molecule has 1 fully saturated rings. The van der Waals surface area contributed by atoms with Crippen LogP contribution in [0.15, 0.2) is 35.7 Å². The molecule has 2 aromatic rings. The van der Waals surface area contributed by atoms with Crippen molar-refractivity contribution in [1.82, 2.24) is 4.90 Å². The van der Waals surface area contributed by atoms with Gasteiger partial charge in [0.05, 0.1) is 13.2 Å². The summed E-state index contributed by atoms with van der Waals surface area (Å²) in [5.74, 6) is 0.944. The van der Waals surface area contributed by atoms with Gasteiger partial charge in [0.25, 0.3) is 0 Å². The van der Waals surface area contributed by atoms with Gasteiger partial charge < -0.3 is 9.47 Å². The van der Waals surface area contributed by atoms with Crippen LogP contribution in [0.1, 0.15) is 27.2 Å². The molecule has 0 radical (unpaired) electrons. The van der Waals surface area contributed by atoms with Gasteiger partial charge in [0.1, 0.15) is 17.2 Å². The quantitative estimate of drug-likeness (QED) is 0.633. The van der Waals surface area contributed by atoms with Crippen molar-refractivity contribution in [2.45, 2.75) is 19.8 Å². The molecule has 0 spiro atoms. The lowest BCUT2D eigenvalue weighted by atomic mass is 10.1. The Morgan fingerprint density at radius 2 is 1.96 bits per heavy atom. The highest BCUT2D eigenvalue weighted by Crippen LogP contribution is 2.31. The van der Waals surface area contributed by atoms with E-state index in [0.29, 0.717) is 13.0 Å². The molecule has 3 rings (SSSR count). The van der Waals surface area contributed by atoms with Gasteiger partial charge in [0.2, 0.25) is 0 Å². The molecule has 0 atom stereocenters. The van der Waals surface area contributed by atoms with Crippen molar-refractivity contribution >= 4 is 29.5 Å². The summed E-state index contributed by atoms with van der Waals surface area (Å²) in [4.78, 5) is 15.7. The van der Waals surface area contributed by atoms with Crippen LogP contribution in [0, 0.1) is 6.92 Å². The van der Waals surface area contributed by atoms with Crippen molar-refractivity contribution in [2.75, 3.05) is 39.5 Å². The van der Waals surface area contributed by atoms with Gasteiger partial charge in [-0.05, 0) is 24.3 Å². The molecule has 0 saturated carbocycles. The van der Waals surface area contributed by atoms with Crippen LogP contribution >= 0.6 is 23.7 Å². The number of Topliss-reactive ketones (excluding diaryl/α,β-unsaturated/α-hetero) is 1. The molecule has 0 N–H and O–H groups in total. The van der Waals surface area contributed by atoms with Crippen LogP contribution < -0.4 is 4.74 Å². The zero-order valence-corrected chi connectivity index (χ0v) is 16.7. The molecular weight excluding hydrogens is 370 g/mol. The van der Waals surface area contributed by atoms with E-state index in [2.05, 4.69) is 17.0 Å². The Kier molecular flexibility index (Phi) is 8.59. The SMILES string of the molecule is Cc1csc(C(=O)CCc2ccccc2)c1OCCN1CCOCC1.Cl. The Hall–Kier alpha value is -1.40. The highest BCUT2D eigenvalue weighted by Gasteiger charge is 2.18. The van der Waals surface area contributed by atoms with Gasteiger partial charge in [-0.25, -0.2) is 0 Å². The molecule has 6 heteroatoms. The Morgan fingerprint density at radius 1 is 1.23 bits per heavy atom. The predicted octanol–water partition coefficient (Wildman–Crippen LogP) is 4.00. The van der Waals surface area contributed by atoms with Crippen LogP contribution in [0.5, 0.6) is 5.75 Å². The number of nitrogens with zero attached hydrogens (tertiary/aromatic N) is 1. The van der Waals surface area contributed by atoms with Gasteiger partial charge in [-0.3, -0.25) is 9.69 Å². The average molecular weight is 396 g/mol. The number of halogens is 1. The van der Waals surface area contributed by atoms with Crippen LogP contribution in [0.2, 0.25) is 0 Å². The number of ether oxygens (including phenoxy) is 2. The largest absolute Gasteiger partial charge is 0.490 e. The normalized spacial score (nSPS) is 14.7. The number of benzene rings is 1. The topological polar surface area (TPSA) is 38.8 Å². The van der Waals surface area contributed by atoms with Crippen molar-refractivity contribution in [1.29, 1.82) is 0 Å². The number of hydrogen-bond donors (Lipinski definition) is 0. The minimum atomic E-state index is 0. The van der Waals surface area contributed by atoms with Gasteiger partial charge >= 0.3 is 0 Å². The fraction of sp³-hybridized carbons (Fsp3) is 0.450. The standard InChI is InChI=1S/C20H25NO3S.ClH/c1-16-15-25-20(18(22)8-7-17-5-3-2-4-6-17)19(16)24-14-11-21-9-12-23-13-10-21;/h2-6,15H,7-14H2,1H3;1H. The maximum Gasteiger partial charge on any atom is 0.176 e. The number of rotatable bonds is 8. The Bertz CT molecular complexity index is 684. The minimum Gasteiger partial charge on any atom is -0.490 e. The van der Waals surface area contributed by atoms with Gasteiger partial charge in [-0.15, -0.1) is 23.7 Å². The van der Waals surface area contributed by atoms with E-state index in [4.69, 9.17) is 9.47 Å². The summed E-state index contributed by atoms with van der Waals surface area (Å²) in [7, 11) is 0. The van der Waals surface area contributed by atoms with E-state index in [1.165, 1.54) is 16.9 Å². The van der Waals surface area contributed by atoms with Crippen LogP contribution in [0.25, 0.3) is 0 Å². The van der Waals surface area contributed by atoms with E-state index >= 15 is 0 Å². The molecule has 26 heavy (non-hydrogen) atoms. The molecule has 4 nitrogen and oxygen atoms in total. The first-order valence-electron chi connectivity index (χ1n) is 8.82. The molecule has 2 heterocycles. The Morgan fingerprint density at radius 3 is 2.69 bits per heavy atom. The van der Waals surface area contributed by atoms with Gasteiger partial charge in [0.15, 0.2) is 5.78 Å². The third-order valence-electron chi connectivity index (χ3n) is 4.41. The van der Waals surface area contributed by atoms with Gasteiger partial charge in [0, 0.05) is 31.6 Å². The molecular formula is C20H26ClNO3S. The second kappa shape index (κ2) is 10.7. The van der Waals surface area contributed by atoms with Gasteiger partial charge in [-0.1, -0.05) is 30.3 Å². The average Bonchev–Trinajstić information content (AvgIpc) is 3.02. The summed E-state index contributed by atoms with van der Waals surface area (Å²) < 4.78 is 11.4. The highest BCUT2D eigenvalue weighted by atomic mass is 35.5. The van der Waals surface area contributed by atoms with E-state index < -0.39 is 0 Å². The van der Waals surface area contributed by atoms with Crippen LogP contribution in [-0.2, 0) is 11.2 Å². The monoisotopic (exact) mass is 395 g/mol. The number of hydrogen-bond acceptors (Lipinski definition) is 5. The van der Waals surface area contributed by atoms with Gasteiger partial charge in [-0.2, -0.15) is 0 Å². The smallest absolute Gasteiger partial charge is 0.176 e.